The molecule has 2 aromatic heterocycles. The van der Waals surface area contributed by atoms with Crippen molar-refractivity contribution < 1.29 is 0 Å². The van der Waals surface area contributed by atoms with E-state index in [1.54, 1.807) is 0 Å². The topological polar surface area (TPSA) is 56.7 Å². The molecule has 0 amide bonds. The SMILES string of the molecule is Cc1ccc(-n2cc(-c3ccc(Cl)cc3)c3c(N)ncnc32)cc1. The van der Waals surface area contributed by atoms with E-state index in [0.29, 0.717) is 10.8 Å². The molecule has 0 aliphatic heterocycles. The average molecular weight is 335 g/mol. The largest absolute Gasteiger partial charge is 0.383 e. The van der Waals surface area contributed by atoms with Crippen LogP contribution >= 0.6 is 11.6 Å². The molecule has 0 unspecified atom stereocenters. The van der Waals surface area contributed by atoms with Crippen LogP contribution in [0, 0.1) is 6.92 Å². The number of hydrogen-bond donors (Lipinski definition) is 1. The van der Waals surface area contributed by atoms with Crippen LogP contribution in [-0.2, 0) is 0 Å². The third-order valence-electron chi connectivity index (χ3n) is 4.08. The van der Waals surface area contributed by atoms with Crippen molar-refractivity contribution in [3.63, 3.8) is 0 Å². The van der Waals surface area contributed by atoms with E-state index in [1.165, 1.54) is 11.9 Å². The predicted octanol–water partition coefficient (Wildman–Crippen LogP) is 4.63. The third-order valence-corrected chi connectivity index (χ3v) is 4.33. The van der Waals surface area contributed by atoms with Gasteiger partial charge in [0.2, 0.25) is 0 Å². The summed E-state index contributed by atoms with van der Waals surface area (Å²) in [4.78, 5) is 8.61. The molecular formula is C19H15ClN4. The van der Waals surface area contributed by atoms with E-state index in [4.69, 9.17) is 17.3 Å². The van der Waals surface area contributed by atoms with E-state index < -0.39 is 0 Å². The molecule has 2 aromatic carbocycles. The summed E-state index contributed by atoms with van der Waals surface area (Å²) in [5.41, 5.74) is 11.2. The van der Waals surface area contributed by atoms with Gasteiger partial charge >= 0.3 is 0 Å². The number of rotatable bonds is 2. The number of aryl methyl sites for hydroxylation is 1. The molecule has 2 heterocycles. The molecule has 0 bridgehead atoms. The number of anilines is 1. The molecule has 0 saturated heterocycles. The lowest BCUT2D eigenvalue weighted by atomic mass is 10.1. The van der Waals surface area contributed by atoms with Gasteiger partial charge in [-0.1, -0.05) is 41.4 Å². The van der Waals surface area contributed by atoms with Gasteiger partial charge in [-0.25, -0.2) is 9.97 Å². The first-order valence-electron chi connectivity index (χ1n) is 7.58. The van der Waals surface area contributed by atoms with Crippen LogP contribution in [0.15, 0.2) is 61.1 Å². The molecule has 4 nitrogen and oxygen atoms in total. The molecule has 0 aliphatic carbocycles. The summed E-state index contributed by atoms with van der Waals surface area (Å²) in [6, 6.07) is 16.0. The van der Waals surface area contributed by atoms with E-state index in [2.05, 4.69) is 41.2 Å². The molecule has 0 spiro atoms. The Labute approximate surface area is 144 Å². The van der Waals surface area contributed by atoms with Gasteiger partial charge in [0.05, 0.1) is 5.39 Å². The fraction of sp³-hybridized carbons (Fsp3) is 0.0526. The summed E-state index contributed by atoms with van der Waals surface area (Å²) in [5.74, 6) is 0.468. The molecule has 4 aromatic rings. The molecule has 2 N–H and O–H groups in total. The van der Waals surface area contributed by atoms with Crippen molar-refractivity contribution >= 4 is 28.5 Å². The second-order valence-electron chi connectivity index (χ2n) is 5.71. The summed E-state index contributed by atoms with van der Waals surface area (Å²) < 4.78 is 2.04. The predicted molar refractivity (Wildman–Crippen MR) is 98.5 cm³/mol. The van der Waals surface area contributed by atoms with Crippen molar-refractivity contribution in [2.75, 3.05) is 5.73 Å². The minimum Gasteiger partial charge on any atom is -0.383 e. The number of nitrogen functional groups attached to an aromatic ring is 1. The first-order chi connectivity index (χ1) is 11.6. The number of hydrogen-bond acceptors (Lipinski definition) is 3. The van der Waals surface area contributed by atoms with Gasteiger partial charge in [0, 0.05) is 22.5 Å². The molecule has 0 saturated carbocycles. The van der Waals surface area contributed by atoms with Gasteiger partial charge in [-0.3, -0.25) is 0 Å². The zero-order chi connectivity index (χ0) is 16.7. The quantitative estimate of drug-likeness (QED) is 0.581. The number of fused-ring (bicyclic) bond motifs is 1. The summed E-state index contributed by atoms with van der Waals surface area (Å²) in [6.07, 6.45) is 3.54. The lowest BCUT2D eigenvalue weighted by molar-refractivity contribution is 1.08. The maximum atomic E-state index is 6.15. The summed E-state index contributed by atoms with van der Waals surface area (Å²) in [6.45, 7) is 2.07. The number of nitrogens with two attached hydrogens (primary N) is 1. The van der Waals surface area contributed by atoms with Crippen LogP contribution in [0.1, 0.15) is 5.56 Å². The summed E-state index contributed by atoms with van der Waals surface area (Å²) in [5, 5.41) is 1.55. The number of benzene rings is 2. The van der Waals surface area contributed by atoms with Gasteiger partial charge < -0.3 is 10.3 Å². The summed E-state index contributed by atoms with van der Waals surface area (Å²) in [7, 11) is 0. The molecule has 24 heavy (non-hydrogen) atoms. The van der Waals surface area contributed by atoms with E-state index in [0.717, 1.165) is 27.8 Å². The van der Waals surface area contributed by atoms with Crippen molar-refractivity contribution in [3.05, 3.63) is 71.6 Å². The fourth-order valence-electron chi connectivity index (χ4n) is 2.84. The highest BCUT2D eigenvalue weighted by Crippen LogP contribution is 2.34. The van der Waals surface area contributed by atoms with E-state index in [-0.39, 0.29) is 0 Å². The normalized spacial score (nSPS) is 11.1. The van der Waals surface area contributed by atoms with Crippen molar-refractivity contribution in [2.45, 2.75) is 6.92 Å². The van der Waals surface area contributed by atoms with Crippen molar-refractivity contribution in [1.29, 1.82) is 0 Å². The van der Waals surface area contributed by atoms with Crippen LogP contribution in [0.5, 0.6) is 0 Å². The van der Waals surface area contributed by atoms with Crippen molar-refractivity contribution in [3.8, 4) is 16.8 Å². The zero-order valence-electron chi connectivity index (χ0n) is 13.1. The molecule has 0 radical (unpaired) electrons. The Kier molecular flexibility index (Phi) is 3.47. The minimum atomic E-state index is 0.468. The summed E-state index contributed by atoms with van der Waals surface area (Å²) >= 11 is 6.01. The second-order valence-corrected chi connectivity index (χ2v) is 6.15. The fourth-order valence-corrected chi connectivity index (χ4v) is 2.96. The monoisotopic (exact) mass is 334 g/mol. The van der Waals surface area contributed by atoms with Crippen LogP contribution < -0.4 is 5.73 Å². The van der Waals surface area contributed by atoms with Crippen LogP contribution in [0.25, 0.3) is 27.8 Å². The highest BCUT2D eigenvalue weighted by Gasteiger charge is 2.15. The molecule has 0 aliphatic rings. The first-order valence-corrected chi connectivity index (χ1v) is 7.96. The maximum absolute atomic E-state index is 6.15. The Balaban J connectivity index is 2.01. The second kappa shape index (κ2) is 5.65. The van der Waals surface area contributed by atoms with Gasteiger partial charge in [-0.05, 0) is 36.8 Å². The zero-order valence-corrected chi connectivity index (χ0v) is 13.8. The van der Waals surface area contributed by atoms with Crippen LogP contribution in [0.3, 0.4) is 0 Å². The van der Waals surface area contributed by atoms with Gasteiger partial charge in [-0.2, -0.15) is 0 Å². The Hall–Kier alpha value is -2.85. The third kappa shape index (κ3) is 2.41. The Bertz CT molecular complexity index is 1020. The molecule has 118 valence electrons. The van der Waals surface area contributed by atoms with Crippen LogP contribution in [-0.4, -0.2) is 14.5 Å². The molecule has 0 atom stereocenters. The van der Waals surface area contributed by atoms with Crippen molar-refractivity contribution in [2.24, 2.45) is 0 Å². The lowest BCUT2D eigenvalue weighted by Gasteiger charge is -2.04. The van der Waals surface area contributed by atoms with Gasteiger partial charge in [-0.15, -0.1) is 0 Å². The lowest BCUT2D eigenvalue weighted by Crippen LogP contribution is -1.96. The number of halogens is 1. The van der Waals surface area contributed by atoms with Gasteiger partial charge in [0.1, 0.15) is 12.1 Å². The Morgan fingerprint density at radius 2 is 1.67 bits per heavy atom. The van der Waals surface area contributed by atoms with Crippen LogP contribution in [0.4, 0.5) is 5.82 Å². The maximum Gasteiger partial charge on any atom is 0.150 e. The van der Waals surface area contributed by atoms with E-state index in [9.17, 15) is 0 Å². The van der Waals surface area contributed by atoms with E-state index in [1.807, 2.05) is 35.0 Å². The Morgan fingerprint density at radius 1 is 0.958 bits per heavy atom. The van der Waals surface area contributed by atoms with Crippen molar-refractivity contribution in [1.82, 2.24) is 14.5 Å². The number of aromatic nitrogens is 3. The highest BCUT2D eigenvalue weighted by atomic mass is 35.5. The molecule has 0 fully saturated rings. The Morgan fingerprint density at radius 3 is 2.38 bits per heavy atom. The first kappa shape index (κ1) is 14.7. The molecule has 5 heteroatoms. The highest BCUT2D eigenvalue weighted by molar-refractivity contribution is 6.30. The minimum absolute atomic E-state index is 0.468. The smallest absolute Gasteiger partial charge is 0.150 e. The molecular weight excluding hydrogens is 320 g/mol. The standard InChI is InChI=1S/C19H15ClN4/c1-12-2-8-15(9-3-12)24-10-16(13-4-6-14(20)7-5-13)17-18(21)22-11-23-19(17)24/h2-11H,1H3,(H2,21,22,23). The average Bonchev–Trinajstić information content (AvgIpc) is 2.97. The number of nitrogens with zero attached hydrogens (tertiary/aromatic N) is 3. The van der Waals surface area contributed by atoms with Gasteiger partial charge in [0.15, 0.2) is 5.65 Å². The van der Waals surface area contributed by atoms with Gasteiger partial charge in [0.25, 0.3) is 0 Å². The van der Waals surface area contributed by atoms with Crippen LogP contribution in [0.2, 0.25) is 5.02 Å². The van der Waals surface area contributed by atoms with E-state index >= 15 is 0 Å². The molecule has 4 rings (SSSR count).